The summed E-state index contributed by atoms with van der Waals surface area (Å²) in [4.78, 5) is 51.7. The molecule has 1 aliphatic heterocycles. The molecule has 11 heteroatoms. The highest BCUT2D eigenvalue weighted by atomic mass is 16.5. The Bertz CT molecular complexity index is 1910. The normalized spacial score (nSPS) is 14.2. The van der Waals surface area contributed by atoms with Crippen molar-refractivity contribution in [2.75, 3.05) is 7.11 Å². The Labute approximate surface area is 233 Å². The Morgan fingerprint density at radius 3 is 2.29 bits per heavy atom. The number of fused-ring (bicyclic) bond motifs is 1. The number of hydrogen-bond acceptors (Lipinski definition) is 7. The maximum Gasteiger partial charge on any atom is 0.314 e. The number of methoxy groups -OCH3 is 1. The predicted octanol–water partition coefficient (Wildman–Crippen LogP) is 3.40. The SMILES string of the molecule is COc1ccc(/C=C2\N=C(c3ccccc3)N(C(=O)c3nc4c(c(C)nn4-c4ccccc4)c(=O)[nH]3)NC2=O)cc1. The number of H-pyrrole nitrogens is 1. The van der Waals surface area contributed by atoms with Gasteiger partial charge in [-0.25, -0.2) is 14.7 Å². The van der Waals surface area contributed by atoms with E-state index in [9.17, 15) is 14.4 Å². The van der Waals surface area contributed by atoms with Crippen molar-refractivity contribution in [3.63, 3.8) is 0 Å². The fourth-order valence-electron chi connectivity index (χ4n) is 4.45. The largest absolute Gasteiger partial charge is 0.497 e. The van der Waals surface area contributed by atoms with Crippen molar-refractivity contribution in [3.05, 3.63) is 124 Å². The molecule has 1 aliphatic rings. The van der Waals surface area contributed by atoms with Crippen LogP contribution in [0.2, 0.25) is 0 Å². The quantitative estimate of drug-likeness (QED) is 0.325. The maximum atomic E-state index is 13.8. The number of carbonyl (C=O) groups is 2. The Balaban J connectivity index is 1.45. The first-order chi connectivity index (χ1) is 19.9. The van der Waals surface area contributed by atoms with Gasteiger partial charge in [-0.1, -0.05) is 60.7 Å². The third-order valence-electron chi connectivity index (χ3n) is 6.45. The minimum Gasteiger partial charge on any atom is -0.497 e. The van der Waals surface area contributed by atoms with Gasteiger partial charge in [0.1, 0.15) is 16.8 Å². The summed E-state index contributed by atoms with van der Waals surface area (Å²) in [7, 11) is 1.57. The molecule has 2 amide bonds. The van der Waals surface area contributed by atoms with Crippen molar-refractivity contribution in [1.82, 2.24) is 30.2 Å². The van der Waals surface area contributed by atoms with E-state index in [1.807, 2.05) is 36.4 Å². The van der Waals surface area contributed by atoms with Gasteiger partial charge >= 0.3 is 5.91 Å². The lowest BCUT2D eigenvalue weighted by atomic mass is 10.1. The lowest BCUT2D eigenvalue weighted by Crippen LogP contribution is -2.54. The van der Waals surface area contributed by atoms with Crippen molar-refractivity contribution in [2.24, 2.45) is 4.99 Å². The van der Waals surface area contributed by atoms with Gasteiger partial charge in [-0.05, 0) is 42.8 Å². The van der Waals surface area contributed by atoms with Crippen molar-refractivity contribution >= 4 is 34.8 Å². The van der Waals surface area contributed by atoms with Crippen LogP contribution in [0.3, 0.4) is 0 Å². The molecule has 0 radical (unpaired) electrons. The van der Waals surface area contributed by atoms with Crippen LogP contribution in [0.15, 0.2) is 100 Å². The summed E-state index contributed by atoms with van der Waals surface area (Å²) in [5.41, 5.74) is 4.80. The monoisotopic (exact) mass is 545 g/mol. The zero-order chi connectivity index (χ0) is 28.5. The lowest BCUT2D eigenvalue weighted by molar-refractivity contribution is -0.120. The van der Waals surface area contributed by atoms with Gasteiger partial charge in [0.15, 0.2) is 11.5 Å². The second-order valence-corrected chi connectivity index (χ2v) is 9.13. The summed E-state index contributed by atoms with van der Waals surface area (Å²) in [5.74, 6) is -0.839. The van der Waals surface area contributed by atoms with E-state index >= 15 is 0 Å². The Morgan fingerprint density at radius 2 is 1.61 bits per heavy atom. The number of ether oxygens (including phenoxy) is 1. The van der Waals surface area contributed by atoms with Crippen LogP contribution < -0.4 is 15.7 Å². The van der Waals surface area contributed by atoms with E-state index in [-0.39, 0.29) is 28.4 Å². The second kappa shape index (κ2) is 10.4. The van der Waals surface area contributed by atoms with E-state index in [2.05, 4.69) is 25.5 Å². The minimum absolute atomic E-state index is 0.0905. The third kappa shape index (κ3) is 4.76. The summed E-state index contributed by atoms with van der Waals surface area (Å²) in [5, 5.41) is 5.72. The number of nitrogens with zero attached hydrogens (tertiary/aromatic N) is 5. The van der Waals surface area contributed by atoms with Crippen LogP contribution in [0.25, 0.3) is 22.8 Å². The van der Waals surface area contributed by atoms with Gasteiger partial charge in [0.25, 0.3) is 11.5 Å². The van der Waals surface area contributed by atoms with Gasteiger partial charge < -0.3 is 9.72 Å². The zero-order valence-corrected chi connectivity index (χ0v) is 22.0. The fraction of sp³-hybridized carbons (Fsp3) is 0.0667. The molecule has 41 heavy (non-hydrogen) atoms. The zero-order valence-electron chi connectivity index (χ0n) is 22.0. The molecule has 2 aromatic heterocycles. The first kappa shape index (κ1) is 25.4. The van der Waals surface area contributed by atoms with Gasteiger partial charge in [-0.3, -0.25) is 19.8 Å². The number of aromatic nitrogens is 4. The molecule has 3 heterocycles. The number of para-hydroxylation sites is 1. The van der Waals surface area contributed by atoms with Gasteiger partial charge in [-0.15, -0.1) is 0 Å². The first-order valence-corrected chi connectivity index (χ1v) is 12.6. The summed E-state index contributed by atoms with van der Waals surface area (Å²) < 4.78 is 6.71. The fourth-order valence-corrected chi connectivity index (χ4v) is 4.45. The van der Waals surface area contributed by atoms with Gasteiger partial charge in [0.2, 0.25) is 5.82 Å². The van der Waals surface area contributed by atoms with E-state index in [0.29, 0.717) is 28.3 Å². The van der Waals surface area contributed by atoms with Crippen LogP contribution in [0, 0.1) is 6.92 Å². The highest BCUT2D eigenvalue weighted by Crippen LogP contribution is 2.21. The predicted molar refractivity (Wildman–Crippen MR) is 152 cm³/mol. The van der Waals surface area contributed by atoms with Gasteiger partial charge in [0, 0.05) is 5.56 Å². The molecule has 0 saturated carbocycles. The van der Waals surface area contributed by atoms with Crippen molar-refractivity contribution in [2.45, 2.75) is 6.92 Å². The molecule has 6 rings (SSSR count). The van der Waals surface area contributed by atoms with E-state index in [0.717, 1.165) is 5.01 Å². The number of nitrogens with one attached hydrogen (secondary N) is 2. The Hall–Kier alpha value is -5.84. The summed E-state index contributed by atoms with van der Waals surface area (Å²) in [6.45, 7) is 1.70. The highest BCUT2D eigenvalue weighted by molar-refractivity contribution is 6.17. The van der Waals surface area contributed by atoms with Crippen molar-refractivity contribution < 1.29 is 14.3 Å². The number of aliphatic imine (C=N–C) groups is 1. The van der Waals surface area contributed by atoms with Gasteiger partial charge in [-0.2, -0.15) is 10.1 Å². The van der Waals surface area contributed by atoms with Crippen LogP contribution in [-0.4, -0.2) is 49.5 Å². The van der Waals surface area contributed by atoms with Crippen LogP contribution >= 0.6 is 0 Å². The topological polar surface area (TPSA) is 135 Å². The highest BCUT2D eigenvalue weighted by Gasteiger charge is 2.32. The summed E-state index contributed by atoms with van der Waals surface area (Å²) in [6.07, 6.45) is 1.60. The van der Waals surface area contributed by atoms with Crippen LogP contribution in [0.5, 0.6) is 5.75 Å². The number of amides is 2. The molecule has 0 unspecified atom stereocenters. The molecular formula is C30H23N7O4. The third-order valence-corrected chi connectivity index (χ3v) is 6.45. The first-order valence-electron chi connectivity index (χ1n) is 12.6. The minimum atomic E-state index is -0.776. The lowest BCUT2D eigenvalue weighted by Gasteiger charge is -2.28. The number of aromatic amines is 1. The number of hydrazine groups is 1. The number of carbonyl (C=O) groups excluding carboxylic acids is 2. The standard InChI is InChI=1S/C30H23N7O4/c1-18-24-27(36(34-18)21-11-7-4-8-12-21)32-25(33-29(24)39)30(40)37-26(20-9-5-3-6-10-20)31-23(28(38)35-37)17-19-13-15-22(41-2)16-14-19/h3-17H,1-2H3,(H,35,38)(H,32,33,39)/b23-17-. The molecule has 0 saturated heterocycles. The molecule has 0 spiro atoms. The van der Waals surface area contributed by atoms with E-state index in [1.165, 1.54) is 4.68 Å². The molecular weight excluding hydrogens is 522 g/mol. The van der Waals surface area contributed by atoms with Crippen LogP contribution in [0.1, 0.15) is 27.4 Å². The van der Waals surface area contributed by atoms with Crippen LogP contribution in [-0.2, 0) is 4.79 Å². The molecule has 2 N–H and O–H groups in total. The average molecular weight is 546 g/mol. The van der Waals surface area contributed by atoms with Crippen LogP contribution in [0.4, 0.5) is 0 Å². The number of aryl methyl sites for hydroxylation is 1. The van der Waals surface area contributed by atoms with E-state index in [1.54, 1.807) is 68.6 Å². The molecule has 0 atom stereocenters. The Kier molecular flexibility index (Phi) is 6.44. The molecule has 202 valence electrons. The van der Waals surface area contributed by atoms with Crippen molar-refractivity contribution in [3.8, 4) is 11.4 Å². The average Bonchev–Trinajstić information content (AvgIpc) is 3.35. The molecule has 11 nitrogen and oxygen atoms in total. The molecule has 0 fully saturated rings. The molecule has 0 bridgehead atoms. The molecule has 5 aromatic rings. The van der Waals surface area contributed by atoms with E-state index < -0.39 is 17.4 Å². The smallest absolute Gasteiger partial charge is 0.314 e. The number of benzene rings is 3. The number of rotatable bonds is 5. The summed E-state index contributed by atoms with van der Waals surface area (Å²) in [6, 6.07) is 25.2. The number of amidine groups is 1. The Morgan fingerprint density at radius 1 is 0.927 bits per heavy atom. The van der Waals surface area contributed by atoms with Gasteiger partial charge in [0.05, 0.1) is 18.5 Å². The summed E-state index contributed by atoms with van der Waals surface area (Å²) >= 11 is 0. The van der Waals surface area contributed by atoms with E-state index in [4.69, 9.17) is 4.74 Å². The second-order valence-electron chi connectivity index (χ2n) is 9.13. The maximum absolute atomic E-state index is 13.8. The molecule has 0 aliphatic carbocycles. The number of hydrogen-bond donors (Lipinski definition) is 2. The van der Waals surface area contributed by atoms with Crippen molar-refractivity contribution in [1.29, 1.82) is 0 Å². The molecule has 3 aromatic carbocycles.